The Morgan fingerprint density at radius 1 is 1.54 bits per heavy atom. The molecule has 1 fully saturated rings. The van der Waals surface area contributed by atoms with Gasteiger partial charge in [0.25, 0.3) is 0 Å². The van der Waals surface area contributed by atoms with E-state index in [9.17, 15) is 0 Å². The van der Waals surface area contributed by atoms with Crippen LogP contribution in [0, 0.1) is 0 Å². The lowest BCUT2D eigenvalue weighted by Crippen LogP contribution is -2.15. The molecule has 0 spiro atoms. The first-order valence-electron chi connectivity index (χ1n) is 5.05. The number of nitrogens with one attached hydrogen (secondary N) is 2. The first kappa shape index (κ1) is 8.75. The molecule has 1 aliphatic heterocycles. The second-order valence-electron chi connectivity index (χ2n) is 4.04. The fourth-order valence-corrected chi connectivity index (χ4v) is 1.98. The third-order valence-electron chi connectivity index (χ3n) is 2.73. The van der Waals surface area contributed by atoms with Crippen molar-refractivity contribution < 1.29 is 0 Å². The molecule has 0 bridgehead atoms. The van der Waals surface area contributed by atoms with Crippen molar-refractivity contribution in [1.82, 2.24) is 15.5 Å². The van der Waals surface area contributed by atoms with Gasteiger partial charge in [-0.2, -0.15) is 5.10 Å². The minimum absolute atomic E-state index is 0.514. The zero-order valence-corrected chi connectivity index (χ0v) is 8.30. The van der Waals surface area contributed by atoms with Crippen LogP contribution in [-0.4, -0.2) is 16.7 Å². The van der Waals surface area contributed by atoms with Crippen LogP contribution in [0.1, 0.15) is 49.9 Å². The summed E-state index contributed by atoms with van der Waals surface area (Å²) in [5, 5.41) is 10.7. The Bertz CT molecular complexity index is 271. The Kier molecular flexibility index (Phi) is 2.36. The summed E-state index contributed by atoms with van der Waals surface area (Å²) < 4.78 is 0. The van der Waals surface area contributed by atoms with Crippen LogP contribution in [0.25, 0.3) is 0 Å². The monoisotopic (exact) mass is 179 g/mol. The molecule has 0 saturated carbocycles. The molecule has 1 aromatic rings. The molecule has 0 amide bonds. The van der Waals surface area contributed by atoms with Crippen LogP contribution in [0.4, 0.5) is 0 Å². The van der Waals surface area contributed by atoms with Gasteiger partial charge in [-0.25, -0.2) is 0 Å². The van der Waals surface area contributed by atoms with E-state index in [1.807, 2.05) is 6.20 Å². The molecular weight excluding hydrogens is 162 g/mol. The molecule has 0 radical (unpaired) electrons. The molecule has 13 heavy (non-hydrogen) atoms. The second-order valence-corrected chi connectivity index (χ2v) is 4.04. The maximum absolute atomic E-state index is 4.12. The lowest BCUT2D eigenvalue weighted by atomic mass is 9.99. The third kappa shape index (κ3) is 1.61. The van der Waals surface area contributed by atoms with E-state index in [-0.39, 0.29) is 0 Å². The number of nitrogens with zero attached hydrogens (tertiary/aromatic N) is 1. The molecular formula is C10H17N3. The molecule has 0 aliphatic carbocycles. The van der Waals surface area contributed by atoms with Gasteiger partial charge in [0.1, 0.15) is 0 Å². The molecule has 1 unspecified atom stereocenters. The molecule has 1 atom stereocenters. The Hall–Kier alpha value is -0.830. The molecule has 1 saturated heterocycles. The molecule has 72 valence electrons. The summed E-state index contributed by atoms with van der Waals surface area (Å²) in [6.45, 7) is 5.56. The average molecular weight is 179 g/mol. The first-order valence-corrected chi connectivity index (χ1v) is 5.05. The van der Waals surface area contributed by atoms with Crippen LogP contribution in [0.5, 0.6) is 0 Å². The highest BCUT2D eigenvalue weighted by atomic mass is 15.1. The highest BCUT2D eigenvalue weighted by Gasteiger charge is 2.21. The topological polar surface area (TPSA) is 40.7 Å². The molecule has 0 aromatic carbocycles. The Morgan fingerprint density at radius 2 is 2.38 bits per heavy atom. The summed E-state index contributed by atoms with van der Waals surface area (Å²) >= 11 is 0. The van der Waals surface area contributed by atoms with Crippen molar-refractivity contribution in [3.63, 3.8) is 0 Å². The number of hydrogen-bond donors (Lipinski definition) is 2. The Labute approximate surface area is 78.9 Å². The second kappa shape index (κ2) is 3.50. The van der Waals surface area contributed by atoms with Crippen molar-refractivity contribution >= 4 is 0 Å². The third-order valence-corrected chi connectivity index (χ3v) is 2.73. The van der Waals surface area contributed by atoms with Gasteiger partial charge < -0.3 is 5.32 Å². The van der Waals surface area contributed by atoms with Gasteiger partial charge in [-0.05, 0) is 30.9 Å². The van der Waals surface area contributed by atoms with Gasteiger partial charge in [0.05, 0.1) is 11.9 Å². The normalized spacial score (nSPS) is 22.8. The molecule has 1 aromatic heterocycles. The largest absolute Gasteiger partial charge is 0.309 e. The van der Waals surface area contributed by atoms with Crippen LogP contribution in [0.2, 0.25) is 0 Å². The fourth-order valence-electron chi connectivity index (χ4n) is 1.98. The summed E-state index contributed by atoms with van der Waals surface area (Å²) in [7, 11) is 0. The van der Waals surface area contributed by atoms with Gasteiger partial charge in [-0.15, -0.1) is 0 Å². The minimum atomic E-state index is 0.514. The van der Waals surface area contributed by atoms with Crippen LogP contribution >= 0.6 is 0 Å². The SMILES string of the molecule is CC(C)c1cn[nH]c1C1CCCN1. The van der Waals surface area contributed by atoms with Gasteiger partial charge in [-0.1, -0.05) is 13.8 Å². The van der Waals surface area contributed by atoms with E-state index in [4.69, 9.17) is 0 Å². The zero-order chi connectivity index (χ0) is 9.26. The maximum atomic E-state index is 4.12. The summed E-state index contributed by atoms with van der Waals surface area (Å²) in [5.41, 5.74) is 2.66. The lowest BCUT2D eigenvalue weighted by Gasteiger charge is -2.12. The average Bonchev–Trinajstić information content (AvgIpc) is 2.74. The van der Waals surface area contributed by atoms with Gasteiger partial charge in [-0.3, -0.25) is 5.10 Å². The van der Waals surface area contributed by atoms with Crippen LogP contribution < -0.4 is 5.32 Å². The van der Waals surface area contributed by atoms with Gasteiger partial charge in [0, 0.05) is 6.04 Å². The van der Waals surface area contributed by atoms with Crippen LogP contribution in [-0.2, 0) is 0 Å². The number of hydrogen-bond acceptors (Lipinski definition) is 2. The van der Waals surface area contributed by atoms with E-state index in [1.165, 1.54) is 24.1 Å². The smallest absolute Gasteiger partial charge is 0.0556 e. The van der Waals surface area contributed by atoms with E-state index < -0.39 is 0 Å². The molecule has 2 rings (SSSR count). The summed E-state index contributed by atoms with van der Waals surface area (Å²) in [5.74, 6) is 0.566. The fraction of sp³-hybridized carbons (Fsp3) is 0.700. The molecule has 3 heteroatoms. The highest BCUT2D eigenvalue weighted by Crippen LogP contribution is 2.27. The van der Waals surface area contributed by atoms with Gasteiger partial charge in [0.2, 0.25) is 0 Å². The van der Waals surface area contributed by atoms with Crippen LogP contribution in [0.15, 0.2) is 6.20 Å². The van der Waals surface area contributed by atoms with Crippen molar-refractivity contribution in [2.24, 2.45) is 0 Å². The van der Waals surface area contributed by atoms with E-state index in [2.05, 4.69) is 29.4 Å². The summed E-state index contributed by atoms with van der Waals surface area (Å²) in [4.78, 5) is 0. The maximum Gasteiger partial charge on any atom is 0.0556 e. The van der Waals surface area contributed by atoms with E-state index in [0.29, 0.717) is 12.0 Å². The van der Waals surface area contributed by atoms with Crippen molar-refractivity contribution in [2.45, 2.75) is 38.6 Å². The van der Waals surface area contributed by atoms with Crippen molar-refractivity contribution in [1.29, 1.82) is 0 Å². The van der Waals surface area contributed by atoms with Gasteiger partial charge >= 0.3 is 0 Å². The predicted molar refractivity (Wildman–Crippen MR) is 52.7 cm³/mol. The first-order chi connectivity index (χ1) is 6.29. The summed E-state index contributed by atoms with van der Waals surface area (Å²) in [6, 6.07) is 0.514. The van der Waals surface area contributed by atoms with Crippen molar-refractivity contribution in [3.8, 4) is 0 Å². The number of rotatable bonds is 2. The summed E-state index contributed by atoms with van der Waals surface area (Å²) in [6.07, 6.45) is 4.48. The zero-order valence-electron chi connectivity index (χ0n) is 8.30. The van der Waals surface area contributed by atoms with E-state index in [1.54, 1.807) is 0 Å². The molecule has 2 N–H and O–H groups in total. The lowest BCUT2D eigenvalue weighted by molar-refractivity contribution is 0.613. The minimum Gasteiger partial charge on any atom is -0.309 e. The molecule has 3 nitrogen and oxygen atoms in total. The Morgan fingerprint density at radius 3 is 3.00 bits per heavy atom. The number of aromatic amines is 1. The highest BCUT2D eigenvalue weighted by molar-refractivity contribution is 5.23. The molecule has 1 aliphatic rings. The molecule has 2 heterocycles. The number of aromatic nitrogens is 2. The Balaban J connectivity index is 2.23. The quantitative estimate of drug-likeness (QED) is 0.728. The predicted octanol–water partition coefficient (Wildman–Crippen LogP) is 1.96. The standard InChI is InChI=1S/C10H17N3/c1-7(2)8-6-12-13-10(8)9-4-3-5-11-9/h6-7,9,11H,3-5H2,1-2H3,(H,12,13). The van der Waals surface area contributed by atoms with Crippen molar-refractivity contribution in [2.75, 3.05) is 6.54 Å². The van der Waals surface area contributed by atoms with Crippen LogP contribution in [0.3, 0.4) is 0 Å². The van der Waals surface area contributed by atoms with E-state index >= 15 is 0 Å². The van der Waals surface area contributed by atoms with E-state index in [0.717, 1.165) is 6.54 Å². The van der Waals surface area contributed by atoms with Crippen molar-refractivity contribution in [3.05, 3.63) is 17.5 Å². The number of H-pyrrole nitrogens is 1. The van der Waals surface area contributed by atoms with Gasteiger partial charge in [0.15, 0.2) is 0 Å².